The number of furan rings is 1. The monoisotopic (exact) mass is 411 g/mol. The van der Waals surface area contributed by atoms with Crippen molar-refractivity contribution in [3.05, 3.63) is 89.9 Å². The van der Waals surface area contributed by atoms with Crippen molar-refractivity contribution in [1.29, 1.82) is 0 Å². The van der Waals surface area contributed by atoms with Crippen LogP contribution in [0.25, 0.3) is 0 Å². The Morgan fingerprint density at radius 3 is 2.21 bits per heavy atom. The summed E-state index contributed by atoms with van der Waals surface area (Å²) in [6.07, 6.45) is 0.800. The van der Waals surface area contributed by atoms with Crippen LogP contribution in [0.4, 0.5) is 0 Å². The zero-order chi connectivity index (χ0) is 20.9. The normalized spacial score (nSPS) is 12.5. The lowest BCUT2D eigenvalue weighted by atomic mass is 10.1. The first kappa shape index (κ1) is 20.9. The molecule has 0 bridgehead atoms. The molecular weight excluding hydrogens is 386 g/mol. The van der Waals surface area contributed by atoms with Crippen molar-refractivity contribution >= 4 is 15.7 Å². The highest BCUT2D eigenvalue weighted by Crippen LogP contribution is 2.21. The first-order valence-corrected chi connectivity index (χ1v) is 11.3. The van der Waals surface area contributed by atoms with E-state index in [1.54, 1.807) is 47.4 Å². The number of carbonyl (C=O) groups excluding carboxylic acids is 1. The first-order valence-electron chi connectivity index (χ1n) is 9.62. The van der Waals surface area contributed by atoms with Crippen molar-refractivity contribution in [2.24, 2.45) is 0 Å². The predicted octanol–water partition coefficient (Wildman–Crippen LogP) is 4.69. The van der Waals surface area contributed by atoms with Crippen LogP contribution in [0.3, 0.4) is 0 Å². The highest BCUT2D eigenvalue weighted by Gasteiger charge is 2.25. The third-order valence-corrected chi connectivity index (χ3v) is 6.54. The number of carbonyl (C=O) groups is 1. The minimum absolute atomic E-state index is 0.0179. The molecule has 0 saturated heterocycles. The van der Waals surface area contributed by atoms with E-state index in [9.17, 15) is 13.2 Å². The van der Waals surface area contributed by atoms with Gasteiger partial charge in [-0.15, -0.1) is 0 Å². The molecule has 0 spiro atoms. The average molecular weight is 412 g/mol. The maximum Gasteiger partial charge on any atom is 0.290 e. The lowest BCUT2D eigenvalue weighted by molar-refractivity contribution is 0.0637. The summed E-state index contributed by atoms with van der Waals surface area (Å²) in [5, 5.41) is 0. The fourth-order valence-electron chi connectivity index (χ4n) is 3.04. The molecule has 6 heteroatoms. The molecule has 0 saturated carbocycles. The lowest BCUT2D eigenvalue weighted by Gasteiger charge is -2.28. The van der Waals surface area contributed by atoms with E-state index >= 15 is 0 Å². The summed E-state index contributed by atoms with van der Waals surface area (Å²) in [4.78, 5) is 15.1. The molecule has 152 valence electrons. The summed E-state index contributed by atoms with van der Waals surface area (Å²) in [7, 11) is -3.53. The van der Waals surface area contributed by atoms with Crippen LogP contribution in [-0.2, 0) is 22.1 Å². The fraction of sp³-hybridized carbons (Fsp3) is 0.261. The highest BCUT2D eigenvalue weighted by atomic mass is 32.2. The summed E-state index contributed by atoms with van der Waals surface area (Å²) >= 11 is 0. The molecule has 0 aliphatic heterocycles. The summed E-state index contributed by atoms with van der Waals surface area (Å²) in [5.74, 6) is -0.126. The predicted molar refractivity (Wildman–Crippen MR) is 112 cm³/mol. The zero-order valence-corrected chi connectivity index (χ0v) is 17.4. The topological polar surface area (TPSA) is 67.6 Å². The molecule has 1 heterocycles. The van der Waals surface area contributed by atoms with Crippen LogP contribution in [0.15, 0.2) is 82.1 Å². The quantitative estimate of drug-likeness (QED) is 0.539. The maximum atomic E-state index is 13.1. The van der Waals surface area contributed by atoms with Gasteiger partial charge in [-0.2, -0.15) is 0 Å². The molecule has 0 aliphatic carbocycles. The van der Waals surface area contributed by atoms with Crippen molar-refractivity contribution in [3.8, 4) is 0 Å². The highest BCUT2D eigenvalue weighted by molar-refractivity contribution is 7.90. The van der Waals surface area contributed by atoms with Gasteiger partial charge in [0, 0.05) is 12.6 Å². The van der Waals surface area contributed by atoms with Gasteiger partial charge in [0.15, 0.2) is 15.6 Å². The van der Waals surface area contributed by atoms with E-state index < -0.39 is 9.84 Å². The summed E-state index contributed by atoms with van der Waals surface area (Å²) in [6.45, 7) is 4.48. The Balaban J connectivity index is 1.79. The van der Waals surface area contributed by atoms with Gasteiger partial charge < -0.3 is 9.32 Å². The third-order valence-electron chi connectivity index (χ3n) is 4.89. The van der Waals surface area contributed by atoms with Gasteiger partial charge >= 0.3 is 0 Å². The van der Waals surface area contributed by atoms with Crippen molar-refractivity contribution < 1.29 is 17.6 Å². The summed E-state index contributed by atoms with van der Waals surface area (Å²) in [6, 6.07) is 21.1. The fourth-order valence-corrected chi connectivity index (χ4v) is 4.31. The van der Waals surface area contributed by atoms with E-state index in [0.29, 0.717) is 6.54 Å². The zero-order valence-electron chi connectivity index (χ0n) is 16.6. The number of hydrogen-bond donors (Lipinski definition) is 0. The molecule has 1 atom stereocenters. The molecule has 0 N–H and O–H groups in total. The van der Waals surface area contributed by atoms with E-state index in [1.165, 1.54) is 0 Å². The summed E-state index contributed by atoms with van der Waals surface area (Å²) in [5.41, 5.74) is 1.03. The molecule has 0 radical (unpaired) electrons. The van der Waals surface area contributed by atoms with Gasteiger partial charge in [0.1, 0.15) is 11.5 Å². The average Bonchev–Trinajstić information content (AvgIpc) is 3.20. The SMILES string of the molecule is CCC(C)N(Cc1ccccc1)C(=O)c1ccc(CS(=O)(=O)c2ccccc2)o1. The van der Waals surface area contributed by atoms with E-state index in [2.05, 4.69) is 0 Å². The van der Waals surface area contributed by atoms with Gasteiger partial charge in [-0.05, 0) is 43.2 Å². The van der Waals surface area contributed by atoms with Crippen LogP contribution in [0.1, 0.15) is 42.1 Å². The van der Waals surface area contributed by atoms with Crippen molar-refractivity contribution in [2.75, 3.05) is 0 Å². The second kappa shape index (κ2) is 9.09. The van der Waals surface area contributed by atoms with Crippen LogP contribution < -0.4 is 0 Å². The Bertz CT molecular complexity index is 1040. The van der Waals surface area contributed by atoms with Crippen LogP contribution in [-0.4, -0.2) is 25.3 Å². The molecule has 0 aliphatic rings. The number of benzene rings is 2. The van der Waals surface area contributed by atoms with Gasteiger partial charge in [-0.3, -0.25) is 4.79 Å². The Labute approximate surface area is 171 Å². The largest absolute Gasteiger partial charge is 0.455 e. The van der Waals surface area contributed by atoms with E-state index in [-0.39, 0.29) is 34.1 Å². The van der Waals surface area contributed by atoms with Crippen molar-refractivity contribution in [2.45, 2.75) is 43.5 Å². The lowest BCUT2D eigenvalue weighted by Crippen LogP contribution is -2.37. The van der Waals surface area contributed by atoms with Gasteiger partial charge in [0.05, 0.1) is 4.90 Å². The van der Waals surface area contributed by atoms with E-state index in [0.717, 1.165) is 12.0 Å². The molecule has 0 fully saturated rings. The van der Waals surface area contributed by atoms with Crippen molar-refractivity contribution in [3.63, 3.8) is 0 Å². The Kier molecular flexibility index (Phi) is 6.54. The molecule has 1 aromatic heterocycles. The number of hydrogen-bond acceptors (Lipinski definition) is 4. The van der Waals surface area contributed by atoms with E-state index in [1.807, 2.05) is 44.2 Å². The minimum atomic E-state index is -3.53. The molecule has 2 aromatic carbocycles. The Hall–Kier alpha value is -2.86. The number of rotatable bonds is 8. The van der Waals surface area contributed by atoms with Crippen LogP contribution >= 0.6 is 0 Å². The van der Waals surface area contributed by atoms with Gasteiger partial charge in [0.25, 0.3) is 5.91 Å². The number of amides is 1. The molecule has 3 aromatic rings. The van der Waals surface area contributed by atoms with Gasteiger partial charge in [-0.25, -0.2) is 8.42 Å². The molecule has 29 heavy (non-hydrogen) atoms. The molecule has 1 unspecified atom stereocenters. The van der Waals surface area contributed by atoms with Crippen LogP contribution in [0.2, 0.25) is 0 Å². The van der Waals surface area contributed by atoms with Crippen LogP contribution in [0.5, 0.6) is 0 Å². The molecule has 1 amide bonds. The Morgan fingerprint density at radius 1 is 0.966 bits per heavy atom. The van der Waals surface area contributed by atoms with E-state index in [4.69, 9.17) is 4.42 Å². The van der Waals surface area contributed by atoms with Gasteiger partial charge in [-0.1, -0.05) is 55.5 Å². The number of sulfone groups is 1. The summed E-state index contributed by atoms with van der Waals surface area (Å²) < 4.78 is 30.8. The van der Waals surface area contributed by atoms with Gasteiger partial charge in [0.2, 0.25) is 0 Å². The maximum absolute atomic E-state index is 13.1. The molecule has 5 nitrogen and oxygen atoms in total. The molecule has 3 rings (SSSR count). The smallest absolute Gasteiger partial charge is 0.290 e. The third kappa shape index (κ3) is 5.15. The molecular formula is C23H25NO4S. The second-order valence-electron chi connectivity index (χ2n) is 7.01. The minimum Gasteiger partial charge on any atom is -0.455 e. The standard InChI is InChI=1S/C23H25NO4S/c1-3-18(2)24(16-19-10-6-4-7-11-19)23(25)22-15-14-20(28-22)17-29(26,27)21-12-8-5-9-13-21/h4-15,18H,3,16-17H2,1-2H3. The van der Waals surface area contributed by atoms with Crippen LogP contribution in [0, 0.1) is 0 Å². The number of nitrogens with zero attached hydrogens (tertiary/aromatic N) is 1. The Morgan fingerprint density at radius 2 is 1.59 bits per heavy atom. The second-order valence-corrected chi connectivity index (χ2v) is 9.00. The first-order chi connectivity index (χ1) is 13.9. The van der Waals surface area contributed by atoms with Crippen molar-refractivity contribution in [1.82, 2.24) is 4.90 Å².